The standard InChI is InChI=1S/C15H9F7OS/c16-11-7(3-1-6-2-4-8(23)9(24)5-6)12(17)14(19)10(13(11)18)15(20,21)22/h2,4-5,23-24H,1,3H2. The highest BCUT2D eigenvalue weighted by molar-refractivity contribution is 7.80. The van der Waals surface area contributed by atoms with Gasteiger partial charge < -0.3 is 5.11 Å². The summed E-state index contributed by atoms with van der Waals surface area (Å²) >= 11 is 3.92. The van der Waals surface area contributed by atoms with Gasteiger partial charge in [-0.05, 0) is 30.5 Å². The van der Waals surface area contributed by atoms with E-state index in [9.17, 15) is 35.8 Å². The Hall–Kier alpha value is -1.90. The van der Waals surface area contributed by atoms with E-state index in [1.54, 1.807) is 0 Å². The van der Waals surface area contributed by atoms with Crippen molar-refractivity contribution in [1.82, 2.24) is 0 Å². The molecule has 0 saturated heterocycles. The van der Waals surface area contributed by atoms with Crippen LogP contribution in [0.3, 0.4) is 0 Å². The molecular formula is C15H9F7OS. The van der Waals surface area contributed by atoms with Gasteiger partial charge in [-0.25, -0.2) is 17.6 Å². The van der Waals surface area contributed by atoms with Gasteiger partial charge in [0.25, 0.3) is 0 Å². The van der Waals surface area contributed by atoms with Gasteiger partial charge in [-0.1, -0.05) is 6.07 Å². The second-order valence-corrected chi connectivity index (χ2v) is 5.41. The van der Waals surface area contributed by atoms with E-state index in [0.717, 1.165) is 0 Å². The molecule has 0 aromatic heterocycles. The van der Waals surface area contributed by atoms with Crippen molar-refractivity contribution in [3.63, 3.8) is 0 Å². The maximum absolute atomic E-state index is 13.7. The zero-order valence-electron chi connectivity index (χ0n) is 11.7. The van der Waals surface area contributed by atoms with E-state index in [1.807, 2.05) is 0 Å². The molecule has 0 spiro atoms. The highest BCUT2D eigenvalue weighted by atomic mass is 32.1. The predicted molar refractivity (Wildman–Crippen MR) is 74.0 cm³/mol. The molecule has 0 radical (unpaired) electrons. The number of benzene rings is 2. The lowest BCUT2D eigenvalue weighted by Gasteiger charge is -2.14. The Morgan fingerprint density at radius 2 is 1.42 bits per heavy atom. The minimum Gasteiger partial charge on any atom is -0.507 e. The zero-order chi connectivity index (χ0) is 18.2. The first-order valence-corrected chi connectivity index (χ1v) is 6.91. The fraction of sp³-hybridized carbons (Fsp3) is 0.200. The Bertz CT molecular complexity index is 757. The summed E-state index contributed by atoms with van der Waals surface area (Å²) in [4.78, 5) is 0.165. The van der Waals surface area contributed by atoms with Gasteiger partial charge in [-0.3, -0.25) is 0 Å². The maximum Gasteiger partial charge on any atom is 0.422 e. The summed E-state index contributed by atoms with van der Waals surface area (Å²) in [5, 5.41) is 9.29. The number of phenolic OH excluding ortho intramolecular Hbond substituents is 1. The van der Waals surface area contributed by atoms with Crippen LogP contribution in [-0.2, 0) is 19.0 Å². The first-order valence-electron chi connectivity index (χ1n) is 6.47. The van der Waals surface area contributed by atoms with E-state index in [-0.39, 0.29) is 17.1 Å². The summed E-state index contributed by atoms with van der Waals surface area (Å²) in [6.45, 7) is 0. The fourth-order valence-electron chi connectivity index (χ4n) is 2.14. The van der Waals surface area contributed by atoms with Gasteiger partial charge in [0.1, 0.15) is 11.3 Å². The number of rotatable bonds is 3. The lowest BCUT2D eigenvalue weighted by molar-refractivity contribution is -0.143. The fourth-order valence-corrected chi connectivity index (χ4v) is 2.38. The average molecular weight is 370 g/mol. The van der Waals surface area contributed by atoms with Crippen LogP contribution in [0.25, 0.3) is 0 Å². The minimum absolute atomic E-state index is 0.133. The van der Waals surface area contributed by atoms with Crippen LogP contribution in [0.5, 0.6) is 5.75 Å². The quantitative estimate of drug-likeness (QED) is 0.441. The van der Waals surface area contributed by atoms with Crippen molar-refractivity contribution in [3.05, 3.63) is 58.2 Å². The summed E-state index contributed by atoms with van der Waals surface area (Å²) in [5.74, 6) is -9.25. The van der Waals surface area contributed by atoms with Gasteiger partial charge in [-0.2, -0.15) is 13.2 Å². The molecule has 0 saturated carbocycles. The topological polar surface area (TPSA) is 20.2 Å². The molecule has 0 unspecified atom stereocenters. The van der Waals surface area contributed by atoms with Gasteiger partial charge >= 0.3 is 6.18 Å². The summed E-state index contributed by atoms with van der Waals surface area (Å²) in [7, 11) is 0. The van der Waals surface area contributed by atoms with Crippen LogP contribution < -0.4 is 0 Å². The van der Waals surface area contributed by atoms with Crippen molar-refractivity contribution in [2.45, 2.75) is 23.9 Å². The van der Waals surface area contributed by atoms with E-state index in [1.165, 1.54) is 18.2 Å². The summed E-state index contributed by atoms with van der Waals surface area (Å²) in [5.41, 5.74) is -3.30. The number of hydrogen-bond donors (Lipinski definition) is 2. The molecule has 0 fully saturated rings. The summed E-state index contributed by atoms with van der Waals surface area (Å²) in [6.07, 6.45) is -6.28. The Kier molecular flexibility index (Phi) is 5.03. The third-order valence-electron chi connectivity index (χ3n) is 3.34. The van der Waals surface area contributed by atoms with Crippen molar-refractivity contribution >= 4 is 12.6 Å². The molecule has 2 rings (SSSR count). The van der Waals surface area contributed by atoms with Crippen LogP contribution in [-0.4, -0.2) is 5.11 Å². The second-order valence-electron chi connectivity index (χ2n) is 4.93. The van der Waals surface area contributed by atoms with Crippen molar-refractivity contribution in [3.8, 4) is 5.75 Å². The third-order valence-corrected chi connectivity index (χ3v) is 3.70. The molecule has 0 aliphatic heterocycles. The molecule has 0 amide bonds. The lowest BCUT2D eigenvalue weighted by Crippen LogP contribution is -2.17. The Morgan fingerprint density at radius 3 is 1.88 bits per heavy atom. The predicted octanol–water partition coefficient (Wildman–Crippen LogP) is 5.04. The summed E-state index contributed by atoms with van der Waals surface area (Å²) in [6, 6.07) is 3.98. The van der Waals surface area contributed by atoms with E-state index >= 15 is 0 Å². The molecule has 2 aromatic carbocycles. The highest BCUT2D eigenvalue weighted by Crippen LogP contribution is 2.37. The molecule has 2 aromatic rings. The number of alkyl halides is 3. The Morgan fingerprint density at radius 1 is 0.875 bits per heavy atom. The van der Waals surface area contributed by atoms with Gasteiger partial charge in [0.15, 0.2) is 23.3 Å². The first kappa shape index (κ1) is 18.4. The number of phenols is 1. The molecule has 0 aliphatic carbocycles. The number of aryl methyl sites for hydroxylation is 1. The van der Waals surface area contributed by atoms with Crippen molar-refractivity contribution in [2.24, 2.45) is 0 Å². The van der Waals surface area contributed by atoms with Gasteiger partial charge in [0.05, 0.1) is 0 Å². The van der Waals surface area contributed by atoms with Crippen molar-refractivity contribution < 1.29 is 35.8 Å². The zero-order valence-corrected chi connectivity index (χ0v) is 12.6. The molecule has 9 heteroatoms. The van der Waals surface area contributed by atoms with Crippen LogP contribution in [0.1, 0.15) is 16.7 Å². The van der Waals surface area contributed by atoms with Crippen molar-refractivity contribution in [2.75, 3.05) is 0 Å². The number of hydrogen-bond acceptors (Lipinski definition) is 2. The summed E-state index contributed by atoms with van der Waals surface area (Å²) < 4.78 is 91.9. The molecule has 1 nitrogen and oxygen atoms in total. The molecule has 0 aliphatic rings. The van der Waals surface area contributed by atoms with Crippen LogP contribution in [0.2, 0.25) is 0 Å². The molecule has 24 heavy (non-hydrogen) atoms. The maximum atomic E-state index is 13.7. The first-order chi connectivity index (χ1) is 11.0. The second kappa shape index (κ2) is 6.54. The van der Waals surface area contributed by atoms with Gasteiger partial charge in [0.2, 0.25) is 0 Å². The average Bonchev–Trinajstić information content (AvgIpc) is 2.47. The largest absolute Gasteiger partial charge is 0.507 e. The third kappa shape index (κ3) is 3.45. The monoisotopic (exact) mass is 370 g/mol. The Balaban J connectivity index is 2.39. The molecule has 0 bridgehead atoms. The molecule has 130 valence electrons. The van der Waals surface area contributed by atoms with E-state index in [4.69, 9.17) is 0 Å². The lowest BCUT2D eigenvalue weighted by atomic mass is 10.0. The molecular weight excluding hydrogens is 361 g/mol. The van der Waals surface area contributed by atoms with Crippen LogP contribution >= 0.6 is 12.6 Å². The SMILES string of the molecule is Oc1ccc(CCc2c(F)c(F)c(C(F)(F)F)c(F)c2F)cc1S. The molecule has 0 heterocycles. The van der Waals surface area contributed by atoms with E-state index < -0.39 is 47.0 Å². The van der Waals surface area contributed by atoms with Crippen LogP contribution in [0.15, 0.2) is 23.1 Å². The van der Waals surface area contributed by atoms with Crippen LogP contribution in [0.4, 0.5) is 30.7 Å². The van der Waals surface area contributed by atoms with Gasteiger partial charge in [0, 0.05) is 10.5 Å². The van der Waals surface area contributed by atoms with E-state index in [2.05, 4.69) is 12.6 Å². The van der Waals surface area contributed by atoms with Gasteiger partial charge in [-0.15, -0.1) is 12.6 Å². The normalized spacial score (nSPS) is 11.8. The number of halogens is 7. The highest BCUT2D eigenvalue weighted by Gasteiger charge is 2.42. The Labute approximate surface area is 137 Å². The van der Waals surface area contributed by atoms with Crippen molar-refractivity contribution in [1.29, 1.82) is 0 Å². The smallest absolute Gasteiger partial charge is 0.422 e. The molecule has 0 atom stereocenters. The van der Waals surface area contributed by atoms with E-state index in [0.29, 0.717) is 5.56 Å². The minimum atomic E-state index is -5.56. The molecule has 1 N–H and O–H groups in total. The number of thiol groups is 1. The number of aromatic hydroxyl groups is 1. The van der Waals surface area contributed by atoms with Crippen LogP contribution in [0, 0.1) is 23.3 Å².